The van der Waals surface area contributed by atoms with Crippen LogP contribution in [-0.2, 0) is 6.54 Å². The number of rotatable bonds is 4. The van der Waals surface area contributed by atoms with Gasteiger partial charge in [-0.05, 0) is 49.9 Å². The lowest BCUT2D eigenvalue weighted by atomic mass is 10.1. The smallest absolute Gasteiger partial charge is 0.226 e. The predicted octanol–water partition coefficient (Wildman–Crippen LogP) is 4.23. The zero-order valence-electron chi connectivity index (χ0n) is 15.7. The van der Waals surface area contributed by atoms with Crippen LogP contribution in [-0.4, -0.2) is 29.1 Å². The van der Waals surface area contributed by atoms with Crippen molar-refractivity contribution in [2.45, 2.75) is 38.8 Å². The normalized spacial score (nSPS) is 17.9. The van der Waals surface area contributed by atoms with Crippen LogP contribution >= 0.6 is 0 Å². The van der Waals surface area contributed by atoms with Gasteiger partial charge in [-0.25, -0.2) is 14.4 Å². The summed E-state index contributed by atoms with van der Waals surface area (Å²) in [5.41, 5.74) is 2.96. The van der Waals surface area contributed by atoms with Gasteiger partial charge in [0.25, 0.3) is 0 Å². The van der Waals surface area contributed by atoms with Crippen molar-refractivity contribution in [3.05, 3.63) is 65.6 Å². The van der Waals surface area contributed by atoms with Crippen molar-refractivity contribution in [1.82, 2.24) is 15.3 Å². The molecule has 1 N–H and O–H groups in total. The summed E-state index contributed by atoms with van der Waals surface area (Å²) in [5.74, 6) is 0.513. The summed E-state index contributed by atoms with van der Waals surface area (Å²) in [6.45, 7) is 4.71. The fourth-order valence-electron chi connectivity index (χ4n) is 3.74. The van der Waals surface area contributed by atoms with Crippen molar-refractivity contribution in [2.75, 3.05) is 18.0 Å². The van der Waals surface area contributed by atoms with Crippen LogP contribution in [0.3, 0.4) is 0 Å². The second-order valence-corrected chi connectivity index (χ2v) is 7.25. The molecule has 3 aromatic rings. The number of hydrogen-bond donors (Lipinski definition) is 1. The summed E-state index contributed by atoms with van der Waals surface area (Å²) in [5, 5.41) is 4.48. The van der Waals surface area contributed by atoms with Crippen molar-refractivity contribution in [2.24, 2.45) is 0 Å². The van der Waals surface area contributed by atoms with E-state index in [0.29, 0.717) is 6.04 Å². The van der Waals surface area contributed by atoms with E-state index >= 15 is 0 Å². The minimum Gasteiger partial charge on any atom is -0.341 e. The zero-order chi connectivity index (χ0) is 18.6. The summed E-state index contributed by atoms with van der Waals surface area (Å²) in [7, 11) is 0. The molecule has 0 unspecified atom stereocenters. The van der Waals surface area contributed by atoms with Gasteiger partial charge in [-0.15, -0.1) is 0 Å². The highest BCUT2D eigenvalue weighted by molar-refractivity contribution is 5.81. The van der Waals surface area contributed by atoms with Crippen LogP contribution in [0.4, 0.5) is 10.3 Å². The van der Waals surface area contributed by atoms with Crippen LogP contribution in [0.25, 0.3) is 10.9 Å². The van der Waals surface area contributed by atoms with E-state index in [9.17, 15) is 4.39 Å². The summed E-state index contributed by atoms with van der Waals surface area (Å²) >= 11 is 0. The Morgan fingerprint density at radius 3 is 2.78 bits per heavy atom. The number of halogens is 1. The molecule has 4 rings (SSSR count). The molecule has 1 atom stereocenters. The lowest BCUT2D eigenvalue weighted by molar-refractivity contribution is 0.470. The van der Waals surface area contributed by atoms with E-state index in [0.717, 1.165) is 61.4 Å². The van der Waals surface area contributed by atoms with E-state index in [-0.39, 0.29) is 5.82 Å². The van der Waals surface area contributed by atoms with Crippen LogP contribution in [0, 0.1) is 12.7 Å². The molecule has 1 aliphatic heterocycles. The van der Waals surface area contributed by atoms with Gasteiger partial charge in [-0.1, -0.05) is 30.3 Å². The molecule has 140 valence electrons. The quantitative estimate of drug-likeness (QED) is 0.752. The standard InChI is InChI=1S/C22H25FN4/c1-16-20-14-18(23)9-10-21(20)26-22(25-16)27-12-5-8-19(11-13-27)24-15-17-6-3-2-4-7-17/h2-4,6-7,9-10,14,19,24H,5,8,11-13,15H2,1H3/t19-/m1/s1. The minimum absolute atomic E-state index is 0.246. The Bertz CT molecular complexity index is 913. The van der Waals surface area contributed by atoms with Crippen molar-refractivity contribution in [1.29, 1.82) is 0 Å². The molecule has 5 heteroatoms. The number of nitrogens with zero attached hydrogens (tertiary/aromatic N) is 3. The van der Waals surface area contributed by atoms with Crippen LogP contribution in [0.15, 0.2) is 48.5 Å². The maximum atomic E-state index is 13.5. The van der Waals surface area contributed by atoms with Gasteiger partial charge in [-0.2, -0.15) is 0 Å². The number of fused-ring (bicyclic) bond motifs is 1. The largest absolute Gasteiger partial charge is 0.341 e. The molecule has 1 aliphatic rings. The fraction of sp³-hybridized carbons (Fsp3) is 0.364. The second kappa shape index (κ2) is 8.01. The highest BCUT2D eigenvalue weighted by Gasteiger charge is 2.19. The molecule has 0 spiro atoms. The summed E-state index contributed by atoms with van der Waals surface area (Å²) in [4.78, 5) is 11.6. The highest BCUT2D eigenvalue weighted by Crippen LogP contribution is 2.22. The number of hydrogen-bond acceptors (Lipinski definition) is 4. The number of benzene rings is 2. The topological polar surface area (TPSA) is 41.1 Å². The van der Waals surface area contributed by atoms with Crippen molar-refractivity contribution in [3.63, 3.8) is 0 Å². The molecule has 2 aromatic carbocycles. The lowest BCUT2D eigenvalue weighted by Gasteiger charge is -2.21. The first-order chi connectivity index (χ1) is 13.2. The lowest BCUT2D eigenvalue weighted by Crippen LogP contribution is -2.31. The summed E-state index contributed by atoms with van der Waals surface area (Å²) < 4.78 is 13.5. The Labute approximate surface area is 159 Å². The molecular weight excluding hydrogens is 339 g/mol. The Morgan fingerprint density at radius 1 is 1.07 bits per heavy atom. The monoisotopic (exact) mass is 364 g/mol. The second-order valence-electron chi connectivity index (χ2n) is 7.25. The van der Waals surface area contributed by atoms with Crippen molar-refractivity contribution >= 4 is 16.9 Å². The summed E-state index contributed by atoms with van der Waals surface area (Å²) in [6, 6.07) is 15.7. The first-order valence-corrected chi connectivity index (χ1v) is 9.65. The fourth-order valence-corrected chi connectivity index (χ4v) is 3.74. The predicted molar refractivity (Wildman–Crippen MR) is 107 cm³/mol. The molecule has 1 aromatic heterocycles. The maximum absolute atomic E-state index is 13.5. The Balaban J connectivity index is 1.43. The van der Waals surface area contributed by atoms with E-state index in [1.54, 1.807) is 6.07 Å². The van der Waals surface area contributed by atoms with Gasteiger partial charge < -0.3 is 10.2 Å². The number of aryl methyl sites for hydroxylation is 1. The average molecular weight is 364 g/mol. The van der Waals surface area contributed by atoms with E-state index < -0.39 is 0 Å². The van der Waals surface area contributed by atoms with Crippen molar-refractivity contribution < 1.29 is 4.39 Å². The van der Waals surface area contributed by atoms with Gasteiger partial charge >= 0.3 is 0 Å². The summed E-state index contributed by atoms with van der Waals surface area (Å²) in [6.07, 6.45) is 3.33. The van der Waals surface area contributed by atoms with Gasteiger partial charge in [-0.3, -0.25) is 0 Å². The van der Waals surface area contributed by atoms with Gasteiger partial charge in [0, 0.05) is 31.1 Å². The van der Waals surface area contributed by atoms with Crippen LogP contribution in [0.2, 0.25) is 0 Å². The molecule has 1 fully saturated rings. The third-order valence-corrected chi connectivity index (χ3v) is 5.29. The molecular formula is C22H25FN4. The van der Waals surface area contributed by atoms with Gasteiger partial charge in [0.15, 0.2) is 0 Å². The van der Waals surface area contributed by atoms with Gasteiger partial charge in [0.2, 0.25) is 5.95 Å². The third-order valence-electron chi connectivity index (χ3n) is 5.29. The molecule has 27 heavy (non-hydrogen) atoms. The molecule has 1 saturated heterocycles. The average Bonchev–Trinajstić information content (AvgIpc) is 2.93. The van der Waals surface area contributed by atoms with Gasteiger partial charge in [0.1, 0.15) is 5.82 Å². The molecule has 0 amide bonds. The van der Waals surface area contributed by atoms with E-state index in [1.165, 1.54) is 17.7 Å². The molecule has 2 heterocycles. The number of nitrogens with one attached hydrogen (secondary N) is 1. The minimum atomic E-state index is -0.246. The molecule has 4 nitrogen and oxygen atoms in total. The van der Waals surface area contributed by atoms with E-state index in [2.05, 4.69) is 44.5 Å². The zero-order valence-corrected chi connectivity index (χ0v) is 15.7. The van der Waals surface area contributed by atoms with Crippen LogP contribution in [0.5, 0.6) is 0 Å². The highest BCUT2D eigenvalue weighted by atomic mass is 19.1. The first kappa shape index (κ1) is 17.9. The Kier molecular flexibility index (Phi) is 5.30. The third kappa shape index (κ3) is 4.25. The van der Waals surface area contributed by atoms with Crippen LogP contribution in [0.1, 0.15) is 30.5 Å². The maximum Gasteiger partial charge on any atom is 0.226 e. The van der Waals surface area contributed by atoms with E-state index in [1.807, 2.05) is 13.0 Å². The Morgan fingerprint density at radius 2 is 1.93 bits per heavy atom. The first-order valence-electron chi connectivity index (χ1n) is 9.65. The molecule has 0 radical (unpaired) electrons. The van der Waals surface area contributed by atoms with Gasteiger partial charge in [0.05, 0.1) is 11.2 Å². The Hall–Kier alpha value is -2.53. The number of anilines is 1. The van der Waals surface area contributed by atoms with Crippen molar-refractivity contribution in [3.8, 4) is 0 Å². The molecule has 0 bridgehead atoms. The van der Waals surface area contributed by atoms with Crippen LogP contribution < -0.4 is 10.2 Å². The SMILES string of the molecule is Cc1nc(N2CCC[C@@H](NCc3ccccc3)CC2)nc2ccc(F)cc12. The van der Waals surface area contributed by atoms with E-state index in [4.69, 9.17) is 0 Å². The number of aromatic nitrogens is 2. The molecule has 0 saturated carbocycles. The molecule has 0 aliphatic carbocycles.